The summed E-state index contributed by atoms with van der Waals surface area (Å²) >= 11 is 1.81. The second-order valence-corrected chi connectivity index (χ2v) is 9.77. The molecule has 2 heterocycles. The number of allylic oxidation sites excluding steroid dienone is 2. The van der Waals surface area contributed by atoms with E-state index in [2.05, 4.69) is 92.5 Å². The molecule has 0 aliphatic heterocycles. The number of hydrogen-bond donors (Lipinski definition) is 1. The summed E-state index contributed by atoms with van der Waals surface area (Å²) in [5.74, 6) is -0.0625. The van der Waals surface area contributed by atoms with Crippen molar-refractivity contribution >= 4 is 27.2 Å². The first kappa shape index (κ1) is 26.7. The van der Waals surface area contributed by atoms with E-state index in [0.29, 0.717) is 0 Å². The first-order valence-electron chi connectivity index (χ1n) is 10.5. The number of rotatable bonds is 3. The number of aliphatic hydroxyl groups excluding tert-OH is 1. The number of benzene rings is 2. The molecule has 2 aromatic carbocycles. The van der Waals surface area contributed by atoms with Gasteiger partial charge in [0.15, 0.2) is 5.78 Å². The Kier molecular flexibility index (Phi) is 9.30. The van der Waals surface area contributed by atoms with E-state index in [9.17, 15) is 4.79 Å². The summed E-state index contributed by atoms with van der Waals surface area (Å²) in [6.45, 7) is 9.51. The number of carbonyl (C=O) groups excluding carboxylic acids is 1. The Labute approximate surface area is 213 Å². The number of hydrogen-bond acceptors (Lipinski definition) is 4. The molecule has 3 nitrogen and oxygen atoms in total. The molecule has 0 unspecified atom stereocenters. The maximum absolute atomic E-state index is 10.0. The zero-order valence-electron chi connectivity index (χ0n) is 19.5. The molecule has 4 rings (SSSR count). The van der Waals surface area contributed by atoms with Crippen LogP contribution in [0.25, 0.3) is 31.8 Å². The van der Waals surface area contributed by atoms with E-state index in [1.807, 2.05) is 17.5 Å². The molecule has 5 heteroatoms. The van der Waals surface area contributed by atoms with Gasteiger partial charge < -0.3 is 10.1 Å². The van der Waals surface area contributed by atoms with Crippen LogP contribution in [0.1, 0.15) is 40.2 Å². The third kappa shape index (κ3) is 7.20. The van der Waals surface area contributed by atoms with Crippen LogP contribution in [0.4, 0.5) is 0 Å². The molecule has 2 aromatic heterocycles. The minimum absolute atomic E-state index is 0. The fourth-order valence-corrected chi connectivity index (χ4v) is 4.32. The van der Waals surface area contributed by atoms with Crippen LogP contribution in [0.5, 0.6) is 0 Å². The van der Waals surface area contributed by atoms with Crippen LogP contribution in [0.15, 0.2) is 78.7 Å². The van der Waals surface area contributed by atoms with Gasteiger partial charge in [0.25, 0.3) is 0 Å². The van der Waals surface area contributed by atoms with Gasteiger partial charge in [-0.3, -0.25) is 4.79 Å². The van der Waals surface area contributed by atoms with Crippen molar-refractivity contribution in [2.24, 2.45) is 0 Å². The molecule has 33 heavy (non-hydrogen) atoms. The largest absolute Gasteiger partial charge is 0.512 e. The standard InChI is InChI=1S/C23H20NS.C5H8O2.Ir/c1-23(2,3)18-11-9-17(10-12-18)22-19-15-21(16-7-5-4-6-8-16)25-20(19)13-14-24-22;1-4(6)3-5(2)7;/h4-9,11-15H,1-3H3;3,6H,1-2H3;/q-1;;. The molecule has 1 radical (unpaired) electrons. The zero-order chi connectivity index (χ0) is 23.3. The van der Waals surface area contributed by atoms with Crippen molar-refractivity contribution in [3.8, 4) is 21.7 Å². The first-order valence-corrected chi connectivity index (χ1v) is 11.3. The van der Waals surface area contributed by atoms with E-state index in [-0.39, 0.29) is 37.1 Å². The van der Waals surface area contributed by atoms with Gasteiger partial charge in [0.2, 0.25) is 0 Å². The quantitative estimate of drug-likeness (QED) is 0.142. The Bertz CT molecular complexity index is 1230. The molecule has 1 N–H and O–H groups in total. The van der Waals surface area contributed by atoms with E-state index in [1.54, 1.807) is 0 Å². The second-order valence-electron chi connectivity index (χ2n) is 8.69. The van der Waals surface area contributed by atoms with Gasteiger partial charge in [-0.25, -0.2) is 0 Å². The molecule has 0 saturated heterocycles. The van der Waals surface area contributed by atoms with Crippen LogP contribution >= 0.6 is 11.3 Å². The number of aliphatic hydroxyl groups is 1. The number of pyridine rings is 1. The summed E-state index contributed by atoms with van der Waals surface area (Å²) in [5, 5.41) is 9.56. The molecule has 0 atom stereocenters. The zero-order valence-corrected chi connectivity index (χ0v) is 22.7. The molecular formula is C28H28IrNO2S-. The number of nitrogens with zero attached hydrogens (tertiary/aromatic N) is 1. The van der Waals surface area contributed by atoms with Gasteiger partial charge in [-0.15, -0.1) is 46.7 Å². The van der Waals surface area contributed by atoms with Crippen molar-refractivity contribution in [3.05, 3.63) is 90.3 Å². The third-order valence-electron chi connectivity index (χ3n) is 4.85. The van der Waals surface area contributed by atoms with Crippen LogP contribution in [-0.4, -0.2) is 15.9 Å². The Morgan fingerprint density at radius 2 is 1.76 bits per heavy atom. The van der Waals surface area contributed by atoms with E-state index in [1.165, 1.54) is 46.0 Å². The number of aromatic nitrogens is 1. The van der Waals surface area contributed by atoms with Crippen LogP contribution in [0, 0.1) is 6.07 Å². The predicted octanol–water partition coefficient (Wildman–Crippen LogP) is 7.76. The van der Waals surface area contributed by atoms with Gasteiger partial charge in [-0.1, -0.05) is 51.1 Å². The smallest absolute Gasteiger partial charge is 0.155 e. The monoisotopic (exact) mass is 635 g/mol. The molecule has 4 aromatic rings. The van der Waals surface area contributed by atoms with Gasteiger partial charge in [0, 0.05) is 42.0 Å². The van der Waals surface area contributed by atoms with E-state index in [4.69, 9.17) is 5.11 Å². The van der Waals surface area contributed by atoms with Crippen molar-refractivity contribution < 1.29 is 30.0 Å². The summed E-state index contributed by atoms with van der Waals surface area (Å²) < 4.78 is 1.26. The molecule has 0 aliphatic rings. The molecule has 0 bridgehead atoms. The molecule has 0 amide bonds. The maximum atomic E-state index is 10.0. The predicted molar refractivity (Wildman–Crippen MR) is 135 cm³/mol. The van der Waals surface area contributed by atoms with Crippen LogP contribution in [0.2, 0.25) is 0 Å². The van der Waals surface area contributed by atoms with Gasteiger partial charge >= 0.3 is 0 Å². The molecular weight excluding hydrogens is 607 g/mol. The number of thiophene rings is 1. The van der Waals surface area contributed by atoms with Gasteiger partial charge in [-0.2, -0.15) is 0 Å². The number of fused-ring (bicyclic) bond motifs is 1. The number of ketones is 1. The van der Waals surface area contributed by atoms with Crippen LogP contribution < -0.4 is 0 Å². The molecule has 0 saturated carbocycles. The first-order chi connectivity index (χ1) is 15.1. The second kappa shape index (κ2) is 11.5. The number of carbonyl (C=O) groups is 1. The Balaban J connectivity index is 0.000000423. The van der Waals surface area contributed by atoms with Crippen molar-refractivity contribution in [1.29, 1.82) is 0 Å². The molecule has 0 spiro atoms. The normalized spacial score (nSPS) is 11.4. The summed E-state index contributed by atoms with van der Waals surface area (Å²) in [5.41, 5.74) is 4.74. The van der Waals surface area contributed by atoms with Crippen LogP contribution in [0.3, 0.4) is 0 Å². The van der Waals surface area contributed by atoms with Crippen LogP contribution in [-0.2, 0) is 30.3 Å². The van der Waals surface area contributed by atoms with E-state index >= 15 is 0 Å². The van der Waals surface area contributed by atoms with Crippen molar-refractivity contribution in [2.75, 3.05) is 0 Å². The van der Waals surface area contributed by atoms with E-state index < -0.39 is 0 Å². The Morgan fingerprint density at radius 3 is 2.27 bits per heavy atom. The van der Waals surface area contributed by atoms with Crippen molar-refractivity contribution in [3.63, 3.8) is 0 Å². The topological polar surface area (TPSA) is 50.2 Å². The molecule has 0 fully saturated rings. The average Bonchev–Trinajstić information content (AvgIpc) is 3.18. The van der Waals surface area contributed by atoms with Crippen molar-refractivity contribution in [2.45, 2.75) is 40.0 Å². The summed E-state index contributed by atoms with van der Waals surface area (Å²) in [6.07, 6.45) is 3.06. The molecule has 0 aliphatic carbocycles. The Hall–Kier alpha value is -2.59. The van der Waals surface area contributed by atoms with Gasteiger partial charge in [0.05, 0.1) is 5.76 Å². The fourth-order valence-electron chi connectivity index (χ4n) is 3.26. The van der Waals surface area contributed by atoms with Gasteiger partial charge in [0.1, 0.15) is 0 Å². The minimum atomic E-state index is -0.125. The van der Waals surface area contributed by atoms with Gasteiger partial charge in [-0.05, 0) is 48.0 Å². The Morgan fingerprint density at radius 1 is 1.06 bits per heavy atom. The minimum Gasteiger partial charge on any atom is -0.512 e. The summed E-state index contributed by atoms with van der Waals surface area (Å²) in [7, 11) is 0. The molecule has 173 valence electrons. The maximum Gasteiger partial charge on any atom is 0.155 e. The summed E-state index contributed by atoms with van der Waals surface area (Å²) in [6, 6.07) is 24.7. The third-order valence-corrected chi connectivity index (χ3v) is 6.00. The summed E-state index contributed by atoms with van der Waals surface area (Å²) in [4.78, 5) is 15.9. The average molecular weight is 635 g/mol. The van der Waals surface area contributed by atoms with E-state index in [0.717, 1.165) is 11.3 Å². The fraction of sp³-hybridized carbons (Fsp3) is 0.214. The SMILES string of the molecule is CC(=O)C=C(C)O.CC(C)(C)c1c[c-]c(-c2nccc3sc(-c4ccccc4)cc23)cc1.[Ir]. The van der Waals surface area contributed by atoms with Crippen molar-refractivity contribution in [1.82, 2.24) is 4.98 Å².